The Balaban J connectivity index is 1.35. The summed E-state index contributed by atoms with van der Waals surface area (Å²) in [4.78, 5) is 27.5. The number of cyclic esters (lactones) is 1. The second kappa shape index (κ2) is 14.7. The third-order valence-electron chi connectivity index (χ3n) is 8.46. The minimum absolute atomic E-state index is 0.0665. The molecule has 1 amide bonds. The Morgan fingerprint density at radius 2 is 1.39 bits per heavy atom. The summed E-state index contributed by atoms with van der Waals surface area (Å²) in [6, 6.07) is 36.2. The Morgan fingerprint density at radius 1 is 0.755 bits per heavy atom. The molecule has 5 aromatic rings. The lowest BCUT2D eigenvalue weighted by molar-refractivity contribution is -0.144. The van der Waals surface area contributed by atoms with Crippen molar-refractivity contribution in [2.24, 2.45) is 0 Å². The van der Waals surface area contributed by atoms with Crippen LogP contribution < -0.4 is 4.74 Å². The number of rotatable bonds is 11. The summed E-state index contributed by atoms with van der Waals surface area (Å²) in [5.74, 6) is -0.0496. The van der Waals surface area contributed by atoms with Crippen LogP contribution in [0.15, 0.2) is 127 Å². The molecule has 6 nitrogen and oxygen atoms in total. The molecule has 1 saturated heterocycles. The SMILES string of the molecule is C[C@H]1[C@@H](c2ccccc2)OC(=O)N1Cc1cc(C(F)(F)F)ccc1-c1cc(CC(=O)OCc2ccccc2)ccc1OCc1ccccc1. The fourth-order valence-electron chi connectivity index (χ4n) is 5.86. The normalized spacial score (nSPS) is 15.9. The third-order valence-corrected chi connectivity index (χ3v) is 8.46. The summed E-state index contributed by atoms with van der Waals surface area (Å²) < 4.78 is 59.6. The molecule has 0 N–H and O–H groups in total. The van der Waals surface area contributed by atoms with E-state index in [1.54, 1.807) is 18.2 Å². The van der Waals surface area contributed by atoms with E-state index in [9.17, 15) is 22.8 Å². The van der Waals surface area contributed by atoms with Gasteiger partial charge in [-0.05, 0) is 64.6 Å². The first-order chi connectivity index (χ1) is 23.7. The molecule has 0 aliphatic carbocycles. The monoisotopic (exact) mass is 665 g/mol. The molecule has 0 aromatic heterocycles. The van der Waals surface area contributed by atoms with Gasteiger partial charge in [0, 0.05) is 5.56 Å². The minimum atomic E-state index is -4.62. The summed E-state index contributed by atoms with van der Waals surface area (Å²) in [6.07, 6.45) is -5.89. The highest BCUT2D eigenvalue weighted by Crippen LogP contribution is 2.40. The highest BCUT2D eigenvalue weighted by atomic mass is 19.4. The Morgan fingerprint density at radius 3 is 2.04 bits per heavy atom. The quantitative estimate of drug-likeness (QED) is 0.132. The zero-order valence-electron chi connectivity index (χ0n) is 26.7. The molecule has 1 fully saturated rings. The van der Waals surface area contributed by atoms with Gasteiger partial charge in [0.05, 0.1) is 24.6 Å². The number of carbonyl (C=O) groups excluding carboxylic acids is 2. The number of hydrogen-bond acceptors (Lipinski definition) is 5. The second-order valence-electron chi connectivity index (χ2n) is 11.9. The first-order valence-corrected chi connectivity index (χ1v) is 15.9. The topological polar surface area (TPSA) is 65.1 Å². The average Bonchev–Trinajstić information content (AvgIpc) is 3.39. The zero-order chi connectivity index (χ0) is 34.4. The summed E-state index contributed by atoms with van der Waals surface area (Å²) in [5, 5.41) is 0. The van der Waals surface area contributed by atoms with Crippen molar-refractivity contribution in [2.45, 2.75) is 51.4 Å². The predicted molar refractivity (Wildman–Crippen MR) is 178 cm³/mol. The summed E-state index contributed by atoms with van der Waals surface area (Å²) in [7, 11) is 0. The number of nitrogens with zero attached hydrogens (tertiary/aromatic N) is 1. The molecule has 0 radical (unpaired) electrons. The third kappa shape index (κ3) is 8.12. The lowest BCUT2D eigenvalue weighted by atomic mass is 9.93. The number of hydrogen-bond donors (Lipinski definition) is 0. The van der Waals surface area contributed by atoms with Crippen LogP contribution in [0, 0.1) is 0 Å². The number of amides is 1. The number of benzene rings is 5. The van der Waals surface area contributed by atoms with Crippen LogP contribution in [0.4, 0.5) is 18.0 Å². The van der Waals surface area contributed by atoms with Gasteiger partial charge in [0.2, 0.25) is 0 Å². The van der Waals surface area contributed by atoms with Crippen LogP contribution in [0.3, 0.4) is 0 Å². The van der Waals surface area contributed by atoms with Gasteiger partial charge in [-0.25, -0.2) is 4.79 Å². The van der Waals surface area contributed by atoms with E-state index in [1.807, 2.05) is 97.9 Å². The van der Waals surface area contributed by atoms with Crippen LogP contribution in [0.25, 0.3) is 11.1 Å². The van der Waals surface area contributed by atoms with Crippen LogP contribution in [-0.4, -0.2) is 23.0 Å². The maximum atomic E-state index is 14.1. The van der Waals surface area contributed by atoms with Crippen LogP contribution in [-0.2, 0) is 46.6 Å². The molecule has 1 aliphatic heterocycles. The fourth-order valence-corrected chi connectivity index (χ4v) is 5.86. The van der Waals surface area contributed by atoms with Gasteiger partial charge in [0.25, 0.3) is 0 Å². The zero-order valence-corrected chi connectivity index (χ0v) is 26.7. The number of halogens is 3. The standard InChI is InChI=1S/C40H34F3NO5/c1-27-38(31-15-9-4-10-16-31)49-39(46)44(27)24-32-23-33(40(41,42)43)18-19-34(32)35-21-30(22-37(45)48-26-29-13-7-3-8-14-29)17-20-36(35)47-25-28-11-5-2-6-12-28/h2-21,23,27,38H,22,24-26H2,1H3/t27-,38-/m0/s1. The van der Waals surface area contributed by atoms with Crippen molar-refractivity contribution in [3.8, 4) is 16.9 Å². The van der Waals surface area contributed by atoms with Gasteiger partial charge in [-0.1, -0.05) is 103 Å². The van der Waals surface area contributed by atoms with E-state index in [0.29, 0.717) is 22.4 Å². The molecular weight excluding hydrogens is 631 g/mol. The van der Waals surface area contributed by atoms with Crippen molar-refractivity contribution in [2.75, 3.05) is 0 Å². The van der Waals surface area contributed by atoms with Gasteiger partial charge in [-0.2, -0.15) is 13.2 Å². The molecule has 0 bridgehead atoms. The first-order valence-electron chi connectivity index (χ1n) is 15.9. The molecule has 250 valence electrons. The maximum Gasteiger partial charge on any atom is 0.416 e. The number of esters is 1. The lowest BCUT2D eigenvalue weighted by Gasteiger charge is -2.24. The van der Waals surface area contributed by atoms with Gasteiger partial charge in [-0.3, -0.25) is 9.69 Å². The van der Waals surface area contributed by atoms with Crippen LogP contribution in [0.1, 0.15) is 46.4 Å². The molecule has 1 aliphatic rings. The van der Waals surface area contributed by atoms with E-state index in [1.165, 1.54) is 11.0 Å². The van der Waals surface area contributed by atoms with Crippen LogP contribution in [0.5, 0.6) is 5.75 Å². The van der Waals surface area contributed by atoms with E-state index in [2.05, 4.69) is 0 Å². The number of alkyl halides is 3. The molecule has 6 rings (SSSR count). The summed E-state index contributed by atoms with van der Waals surface area (Å²) >= 11 is 0. The van der Waals surface area contributed by atoms with E-state index in [-0.39, 0.29) is 31.7 Å². The highest BCUT2D eigenvalue weighted by Gasteiger charge is 2.40. The molecule has 0 saturated carbocycles. The molecule has 5 aromatic carbocycles. The summed E-state index contributed by atoms with van der Waals surface area (Å²) in [6.45, 7) is 1.98. The highest BCUT2D eigenvalue weighted by molar-refractivity contribution is 5.78. The van der Waals surface area contributed by atoms with Crippen molar-refractivity contribution in [3.63, 3.8) is 0 Å². The van der Waals surface area contributed by atoms with E-state index in [0.717, 1.165) is 28.8 Å². The number of carbonyl (C=O) groups is 2. The van der Waals surface area contributed by atoms with Gasteiger partial charge < -0.3 is 14.2 Å². The Labute approximate surface area is 282 Å². The van der Waals surface area contributed by atoms with Gasteiger partial charge in [-0.15, -0.1) is 0 Å². The predicted octanol–water partition coefficient (Wildman–Crippen LogP) is 9.32. The second-order valence-corrected chi connectivity index (χ2v) is 11.9. The van der Waals surface area contributed by atoms with Crippen molar-refractivity contribution >= 4 is 12.1 Å². The van der Waals surface area contributed by atoms with Crippen LogP contribution >= 0.6 is 0 Å². The molecular formula is C40H34F3NO5. The fraction of sp³-hybridized carbons (Fsp3) is 0.200. The van der Waals surface area contributed by atoms with E-state index in [4.69, 9.17) is 14.2 Å². The van der Waals surface area contributed by atoms with Gasteiger partial charge in [0.15, 0.2) is 0 Å². The van der Waals surface area contributed by atoms with E-state index >= 15 is 0 Å². The maximum absolute atomic E-state index is 14.1. The summed E-state index contributed by atoms with van der Waals surface area (Å²) in [5.41, 5.74) is 3.43. The van der Waals surface area contributed by atoms with Crippen LogP contribution in [0.2, 0.25) is 0 Å². The largest absolute Gasteiger partial charge is 0.488 e. The van der Waals surface area contributed by atoms with Crippen molar-refractivity contribution in [1.82, 2.24) is 4.90 Å². The van der Waals surface area contributed by atoms with E-state index < -0.39 is 35.9 Å². The van der Waals surface area contributed by atoms with Crippen molar-refractivity contribution in [1.29, 1.82) is 0 Å². The van der Waals surface area contributed by atoms with Crippen molar-refractivity contribution < 1.29 is 37.0 Å². The molecule has 49 heavy (non-hydrogen) atoms. The Kier molecular flexibility index (Phi) is 9.99. The Bertz CT molecular complexity index is 1900. The molecule has 9 heteroatoms. The van der Waals surface area contributed by atoms with Gasteiger partial charge in [0.1, 0.15) is 25.1 Å². The molecule has 0 unspecified atom stereocenters. The van der Waals surface area contributed by atoms with Gasteiger partial charge >= 0.3 is 18.2 Å². The molecule has 0 spiro atoms. The number of ether oxygens (including phenoxy) is 3. The van der Waals surface area contributed by atoms with Crippen molar-refractivity contribution in [3.05, 3.63) is 161 Å². The Hall–Kier alpha value is -5.57. The first kappa shape index (κ1) is 33.3. The molecule has 2 atom stereocenters. The lowest BCUT2D eigenvalue weighted by Crippen LogP contribution is -2.31. The molecule has 1 heterocycles. The smallest absolute Gasteiger partial charge is 0.416 e. The average molecular weight is 666 g/mol. The minimum Gasteiger partial charge on any atom is -0.488 e.